The fourth-order valence-corrected chi connectivity index (χ4v) is 2.29. The van der Waals surface area contributed by atoms with Gasteiger partial charge >= 0.3 is 0 Å². The molecule has 0 unspecified atom stereocenters. The number of hydrogen-bond acceptors (Lipinski definition) is 4. The molecule has 1 heterocycles. The summed E-state index contributed by atoms with van der Waals surface area (Å²) in [6, 6.07) is 5.01. The van der Waals surface area contributed by atoms with E-state index < -0.39 is 0 Å². The second-order valence-electron chi connectivity index (χ2n) is 4.74. The highest BCUT2D eigenvalue weighted by Crippen LogP contribution is 2.20. The van der Waals surface area contributed by atoms with Crippen LogP contribution in [0.15, 0.2) is 22.7 Å². The molecule has 3 N–H and O–H groups in total. The number of carbonyl (C=O) groups excluding carboxylic acids is 2. The Labute approximate surface area is 131 Å². The second-order valence-corrected chi connectivity index (χ2v) is 5.59. The number of hydrogen-bond donors (Lipinski definition) is 2. The monoisotopic (exact) mass is 355 g/mol. The summed E-state index contributed by atoms with van der Waals surface area (Å²) in [7, 11) is 0. The van der Waals surface area contributed by atoms with Crippen LogP contribution in [0.5, 0.6) is 0 Å². The van der Waals surface area contributed by atoms with Crippen LogP contribution in [0.25, 0.3) is 0 Å². The summed E-state index contributed by atoms with van der Waals surface area (Å²) in [6.45, 7) is 2.71. The molecule has 0 saturated carbocycles. The molecule has 2 amide bonds. The smallest absolute Gasteiger partial charge is 0.251 e. The van der Waals surface area contributed by atoms with Crippen molar-refractivity contribution in [1.82, 2.24) is 10.2 Å². The number of rotatable bonds is 4. The van der Waals surface area contributed by atoms with Crippen molar-refractivity contribution in [3.05, 3.63) is 28.2 Å². The van der Waals surface area contributed by atoms with Gasteiger partial charge in [0, 0.05) is 41.8 Å². The van der Waals surface area contributed by atoms with Gasteiger partial charge in [-0.2, -0.15) is 0 Å². The summed E-state index contributed by atoms with van der Waals surface area (Å²) in [5, 5.41) is 2.73. The fourth-order valence-electron chi connectivity index (χ4n) is 2.04. The van der Waals surface area contributed by atoms with Crippen molar-refractivity contribution >= 4 is 33.4 Å². The molecule has 0 aliphatic carbocycles. The number of anilines is 1. The zero-order valence-corrected chi connectivity index (χ0v) is 13.2. The van der Waals surface area contributed by atoms with Crippen LogP contribution in [-0.4, -0.2) is 49.6 Å². The van der Waals surface area contributed by atoms with Crippen LogP contribution in [0, 0.1) is 0 Å². The number of morpholine rings is 1. The lowest BCUT2D eigenvalue weighted by Crippen LogP contribution is -2.42. The number of nitrogens with two attached hydrogens (primary N) is 1. The van der Waals surface area contributed by atoms with Gasteiger partial charge in [-0.25, -0.2) is 0 Å². The van der Waals surface area contributed by atoms with Gasteiger partial charge in [0.1, 0.15) is 0 Å². The second kappa shape index (κ2) is 7.42. The van der Waals surface area contributed by atoms with Gasteiger partial charge in [0.05, 0.1) is 13.2 Å². The third kappa shape index (κ3) is 4.44. The molecule has 2 rings (SSSR count). The van der Waals surface area contributed by atoms with E-state index in [4.69, 9.17) is 10.5 Å². The van der Waals surface area contributed by atoms with Gasteiger partial charge in [-0.1, -0.05) is 0 Å². The summed E-state index contributed by atoms with van der Waals surface area (Å²) in [4.78, 5) is 25.6. The Bertz CT molecular complexity index is 530. The lowest BCUT2D eigenvalue weighted by molar-refractivity contribution is -0.135. The van der Waals surface area contributed by atoms with Crippen LogP contribution in [0.1, 0.15) is 16.8 Å². The Morgan fingerprint density at radius 3 is 2.71 bits per heavy atom. The van der Waals surface area contributed by atoms with E-state index in [9.17, 15) is 9.59 Å². The number of nitrogens with zero attached hydrogens (tertiary/aromatic N) is 1. The minimum atomic E-state index is -0.232. The number of halogens is 1. The minimum absolute atomic E-state index is 0.0360. The molecule has 1 fully saturated rings. The predicted molar refractivity (Wildman–Crippen MR) is 82.9 cm³/mol. The SMILES string of the molecule is Nc1cc(C(=O)NCCC(=O)N2CCOCC2)ccc1Br. The normalized spacial score (nSPS) is 14.8. The van der Waals surface area contributed by atoms with Crippen LogP contribution in [-0.2, 0) is 9.53 Å². The van der Waals surface area contributed by atoms with E-state index in [0.29, 0.717) is 44.1 Å². The highest BCUT2D eigenvalue weighted by Gasteiger charge is 2.16. The summed E-state index contributed by atoms with van der Waals surface area (Å²) in [6.07, 6.45) is 0.289. The highest BCUT2D eigenvalue weighted by atomic mass is 79.9. The molecule has 7 heteroatoms. The molecule has 0 aromatic heterocycles. The van der Waals surface area contributed by atoms with Crippen molar-refractivity contribution in [1.29, 1.82) is 0 Å². The van der Waals surface area contributed by atoms with E-state index in [-0.39, 0.29) is 18.2 Å². The Morgan fingerprint density at radius 1 is 1.33 bits per heavy atom. The third-order valence-electron chi connectivity index (χ3n) is 3.25. The summed E-state index contributed by atoms with van der Waals surface area (Å²) in [5.41, 5.74) is 6.72. The molecule has 21 heavy (non-hydrogen) atoms. The number of nitrogens with one attached hydrogen (secondary N) is 1. The molecule has 6 nitrogen and oxygen atoms in total. The van der Waals surface area contributed by atoms with E-state index in [1.165, 1.54) is 0 Å². The predicted octanol–water partition coefficient (Wildman–Crippen LogP) is 1.01. The van der Waals surface area contributed by atoms with Gasteiger partial charge in [-0.15, -0.1) is 0 Å². The molecule has 114 valence electrons. The van der Waals surface area contributed by atoms with Crippen molar-refractivity contribution in [2.75, 3.05) is 38.6 Å². The zero-order valence-electron chi connectivity index (χ0n) is 11.6. The first-order chi connectivity index (χ1) is 10.1. The number of benzene rings is 1. The van der Waals surface area contributed by atoms with Crippen LogP contribution < -0.4 is 11.1 Å². The maximum absolute atomic E-state index is 11.9. The van der Waals surface area contributed by atoms with Crippen LogP contribution in [0.3, 0.4) is 0 Å². The van der Waals surface area contributed by atoms with Gasteiger partial charge in [0.2, 0.25) is 5.91 Å². The van der Waals surface area contributed by atoms with Crippen molar-refractivity contribution in [2.45, 2.75) is 6.42 Å². The average molecular weight is 356 g/mol. The topological polar surface area (TPSA) is 84.7 Å². The van der Waals surface area contributed by atoms with Gasteiger partial charge in [-0.3, -0.25) is 9.59 Å². The number of carbonyl (C=O) groups is 2. The molecule has 1 aliphatic heterocycles. The van der Waals surface area contributed by atoms with Gasteiger partial charge in [0.25, 0.3) is 5.91 Å². The Morgan fingerprint density at radius 2 is 2.05 bits per heavy atom. The number of nitrogen functional groups attached to an aromatic ring is 1. The number of ether oxygens (including phenoxy) is 1. The van der Waals surface area contributed by atoms with Crippen molar-refractivity contribution < 1.29 is 14.3 Å². The molecule has 0 atom stereocenters. The van der Waals surface area contributed by atoms with E-state index in [1.807, 2.05) is 0 Å². The van der Waals surface area contributed by atoms with E-state index in [1.54, 1.807) is 23.1 Å². The lowest BCUT2D eigenvalue weighted by atomic mass is 10.2. The Kier molecular flexibility index (Phi) is 5.58. The first-order valence-corrected chi connectivity index (χ1v) is 7.56. The third-order valence-corrected chi connectivity index (χ3v) is 3.97. The van der Waals surface area contributed by atoms with E-state index in [0.717, 1.165) is 4.47 Å². The maximum Gasteiger partial charge on any atom is 0.251 e. The van der Waals surface area contributed by atoms with Gasteiger partial charge in [-0.05, 0) is 34.1 Å². The highest BCUT2D eigenvalue weighted by molar-refractivity contribution is 9.10. The van der Waals surface area contributed by atoms with Gasteiger partial charge in [0.15, 0.2) is 0 Å². The van der Waals surface area contributed by atoms with Crippen LogP contribution in [0.2, 0.25) is 0 Å². The van der Waals surface area contributed by atoms with E-state index >= 15 is 0 Å². The quantitative estimate of drug-likeness (QED) is 0.789. The Hall–Kier alpha value is -1.60. The Balaban J connectivity index is 1.78. The summed E-state index contributed by atoms with van der Waals surface area (Å²) < 4.78 is 5.94. The zero-order chi connectivity index (χ0) is 15.2. The molecule has 1 saturated heterocycles. The molecular weight excluding hydrogens is 338 g/mol. The largest absolute Gasteiger partial charge is 0.398 e. The first kappa shape index (κ1) is 15.8. The molecule has 1 aromatic rings. The summed E-state index contributed by atoms with van der Waals surface area (Å²) >= 11 is 3.28. The first-order valence-electron chi connectivity index (χ1n) is 6.76. The van der Waals surface area contributed by atoms with Crippen molar-refractivity contribution in [3.63, 3.8) is 0 Å². The lowest BCUT2D eigenvalue weighted by Gasteiger charge is -2.26. The van der Waals surface area contributed by atoms with Crippen molar-refractivity contribution in [2.24, 2.45) is 0 Å². The molecule has 1 aromatic carbocycles. The summed E-state index contributed by atoms with van der Waals surface area (Å²) in [5.74, 6) is -0.196. The van der Waals surface area contributed by atoms with Crippen LogP contribution >= 0.6 is 15.9 Å². The standard InChI is InChI=1S/C14H18BrN3O3/c15-11-2-1-10(9-12(11)16)14(20)17-4-3-13(19)18-5-7-21-8-6-18/h1-2,9H,3-8,16H2,(H,17,20). The molecule has 0 bridgehead atoms. The van der Waals surface area contributed by atoms with Crippen molar-refractivity contribution in [3.8, 4) is 0 Å². The molecular formula is C14H18BrN3O3. The van der Waals surface area contributed by atoms with E-state index in [2.05, 4.69) is 21.2 Å². The van der Waals surface area contributed by atoms with Gasteiger partial charge < -0.3 is 20.7 Å². The fraction of sp³-hybridized carbons (Fsp3) is 0.429. The molecule has 0 radical (unpaired) electrons. The number of amides is 2. The minimum Gasteiger partial charge on any atom is -0.398 e. The average Bonchev–Trinajstić information content (AvgIpc) is 2.50. The molecule has 0 spiro atoms. The maximum atomic E-state index is 11.9. The molecule has 1 aliphatic rings. The van der Waals surface area contributed by atoms with Crippen LogP contribution in [0.4, 0.5) is 5.69 Å².